The van der Waals surface area contributed by atoms with Crippen LogP contribution in [-0.4, -0.2) is 52.9 Å². The molecule has 3 heterocycles. The Hall–Kier alpha value is -1.54. The number of hydrogen-bond acceptors (Lipinski definition) is 3. The molecule has 2 N–H and O–H groups in total. The number of terminal acetylenes is 1. The monoisotopic (exact) mass is 246 g/mol. The van der Waals surface area contributed by atoms with Crippen molar-refractivity contribution in [1.82, 2.24) is 9.80 Å². The van der Waals surface area contributed by atoms with E-state index in [1.165, 1.54) is 0 Å². The van der Waals surface area contributed by atoms with Gasteiger partial charge in [-0.15, -0.1) is 6.42 Å². The number of carbonyl (C=O) groups is 1. The van der Waals surface area contributed by atoms with Crippen LogP contribution >= 0.6 is 0 Å². The number of rotatable bonds is 1. The molecule has 18 heavy (non-hydrogen) atoms. The van der Waals surface area contributed by atoms with E-state index in [4.69, 9.17) is 12.2 Å². The van der Waals surface area contributed by atoms with Gasteiger partial charge in [0.25, 0.3) is 0 Å². The molecular weight excluding hydrogens is 228 g/mol. The third-order valence-corrected chi connectivity index (χ3v) is 4.68. The number of nitrogens with zero attached hydrogens (tertiary/aromatic N) is 3. The van der Waals surface area contributed by atoms with E-state index in [-0.39, 0.29) is 12.1 Å². The van der Waals surface area contributed by atoms with Gasteiger partial charge in [-0.2, -0.15) is 4.99 Å². The summed E-state index contributed by atoms with van der Waals surface area (Å²) < 4.78 is 0. The molecule has 1 spiro atoms. The highest BCUT2D eigenvalue weighted by Gasteiger charge is 2.58. The van der Waals surface area contributed by atoms with Gasteiger partial charge in [0.2, 0.25) is 0 Å². The first kappa shape index (κ1) is 11.5. The number of amidine groups is 1. The van der Waals surface area contributed by atoms with Gasteiger partial charge in [0.15, 0.2) is 0 Å². The number of amides is 2. The number of carbonyl (C=O) groups excluding carboxylic acids is 1. The minimum Gasteiger partial charge on any atom is -0.385 e. The third-order valence-electron chi connectivity index (χ3n) is 4.68. The number of fused-ring (bicyclic) bond motifs is 3. The maximum atomic E-state index is 12.1. The second-order valence-electron chi connectivity index (χ2n) is 5.45. The quantitative estimate of drug-likeness (QED) is 0.675. The van der Waals surface area contributed by atoms with Gasteiger partial charge < -0.3 is 10.6 Å². The second kappa shape index (κ2) is 3.72. The standard InChI is InChI=1S/C13H18N4O/c1-3-9(2)17-12(18)15-11(14)13(17)5-7-16-6-4-10(13)8-16/h1,9-10H,4-8H2,2H3,(H2,14,15,18). The molecule has 2 fully saturated rings. The zero-order valence-electron chi connectivity index (χ0n) is 10.6. The topological polar surface area (TPSA) is 61.9 Å². The van der Waals surface area contributed by atoms with Crippen molar-refractivity contribution in [1.29, 1.82) is 0 Å². The lowest BCUT2D eigenvalue weighted by atomic mass is 9.76. The Kier molecular flexibility index (Phi) is 2.39. The number of urea groups is 1. The summed E-state index contributed by atoms with van der Waals surface area (Å²) in [4.78, 5) is 20.3. The number of hydrogen-bond donors (Lipinski definition) is 1. The molecule has 4 unspecified atom stereocenters. The minimum absolute atomic E-state index is 0.255. The minimum atomic E-state index is -0.421. The van der Waals surface area contributed by atoms with E-state index in [0.717, 1.165) is 32.5 Å². The van der Waals surface area contributed by atoms with E-state index in [0.29, 0.717) is 11.8 Å². The smallest absolute Gasteiger partial charge is 0.347 e. The molecule has 4 atom stereocenters. The van der Waals surface area contributed by atoms with Crippen molar-refractivity contribution in [2.75, 3.05) is 19.6 Å². The summed E-state index contributed by atoms with van der Waals surface area (Å²) in [6, 6.07) is -0.521. The van der Waals surface area contributed by atoms with Gasteiger partial charge in [0.05, 0.1) is 6.04 Å². The average molecular weight is 246 g/mol. The Morgan fingerprint density at radius 2 is 2.39 bits per heavy atom. The average Bonchev–Trinajstić information content (AvgIpc) is 2.85. The van der Waals surface area contributed by atoms with Crippen molar-refractivity contribution in [3.63, 3.8) is 0 Å². The largest absolute Gasteiger partial charge is 0.385 e. The van der Waals surface area contributed by atoms with Crippen LogP contribution in [0.3, 0.4) is 0 Å². The van der Waals surface area contributed by atoms with Gasteiger partial charge in [-0.3, -0.25) is 4.90 Å². The molecule has 3 aliphatic heterocycles. The molecule has 2 bridgehead atoms. The second-order valence-corrected chi connectivity index (χ2v) is 5.45. The van der Waals surface area contributed by atoms with Gasteiger partial charge in [-0.25, -0.2) is 4.79 Å². The Morgan fingerprint density at radius 1 is 1.61 bits per heavy atom. The van der Waals surface area contributed by atoms with Gasteiger partial charge in [-0.1, -0.05) is 5.92 Å². The first-order valence-electron chi connectivity index (χ1n) is 6.46. The molecule has 0 saturated carbocycles. The van der Waals surface area contributed by atoms with E-state index in [2.05, 4.69) is 15.8 Å². The molecular formula is C13H18N4O. The fraction of sp³-hybridized carbons (Fsp3) is 0.692. The molecule has 0 aromatic rings. The first-order valence-corrected chi connectivity index (χ1v) is 6.46. The van der Waals surface area contributed by atoms with Gasteiger partial charge in [-0.05, 0) is 26.3 Å². The summed E-state index contributed by atoms with van der Waals surface area (Å²) in [6.07, 6.45) is 7.42. The maximum absolute atomic E-state index is 12.1. The summed E-state index contributed by atoms with van der Waals surface area (Å²) in [5.74, 6) is 3.50. The lowest BCUT2D eigenvalue weighted by molar-refractivity contribution is 0.0809. The van der Waals surface area contributed by atoms with E-state index in [9.17, 15) is 4.79 Å². The van der Waals surface area contributed by atoms with Crippen LogP contribution in [0, 0.1) is 18.3 Å². The molecule has 5 nitrogen and oxygen atoms in total. The molecule has 0 radical (unpaired) electrons. The molecule has 96 valence electrons. The lowest BCUT2D eigenvalue weighted by Gasteiger charge is -2.46. The van der Waals surface area contributed by atoms with Crippen LogP contribution in [0.5, 0.6) is 0 Å². The summed E-state index contributed by atoms with van der Waals surface area (Å²) in [7, 11) is 0. The predicted octanol–water partition coefficient (Wildman–Crippen LogP) is 0.265. The highest BCUT2D eigenvalue weighted by atomic mass is 16.2. The molecule has 5 heteroatoms. The SMILES string of the molecule is C#CC(C)N1C(=O)N=C(N)C12CCN1CCC2C1. The fourth-order valence-corrected chi connectivity index (χ4v) is 3.75. The van der Waals surface area contributed by atoms with Crippen LogP contribution in [0.2, 0.25) is 0 Å². The number of aliphatic imine (C=N–C) groups is 1. The molecule has 0 aliphatic carbocycles. The van der Waals surface area contributed by atoms with Crippen LogP contribution in [0.25, 0.3) is 0 Å². The lowest BCUT2D eigenvalue weighted by Crippen LogP contribution is -2.64. The molecule has 2 saturated heterocycles. The van der Waals surface area contributed by atoms with Crippen LogP contribution in [0.4, 0.5) is 4.79 Å². The summed E-state index contributed by atoms with van der Waals surface area (Å²) in [5, 5.41) is 0. The van der Waals surface area contributed by atoms with Crippen LogP contribution in [0.15, 0.2) is 4.99 Å². The Bertz CT molecular complexity index is 466. The van der Waals surface area contributed by atoms with Crippen molar-refractivity contribution in [2.24, 2.45) is 16.6 Å². The van der Waals surface area contributed by atoms with E-state index in [1.54, 1.807) is 4.90 Å². The predicted molar refractivity (Wildman–Crippen MR) is 69.0 cm³/mol. The van der Waals surface area contributed by atoms with Crippen molar-refractivity contribution in [2.45, 2.75) is 31.3 Å². The van der Waals surface area contributed by atoms with Crippen LogP contribution in [0.1, 0.15) is 19.8 Å². The van der Waals surface area contributed by atoms with E-state index < -0.39 is 5.54 Å². The highest BCUT2D eigenvalue weighted by Crippen LogP contribution is 2.43. The van der Waals surface area contributed by atoms with Gasteiger partial charge >= 0.3 is 6.03 Å². The zero-order valence-corrected chi connectivity index (χ0v) is 10.6. The summed E-state index contributed by atoms with van der Waals surface area (Å²) in [6.45, 7) is 4.92. The first-order chi connectivity index (χ1) is 8.59. The van der Waals surface area contributed by atoms with E-state index >= 15 is 0 Å². The molecule has 0 aromatic heterocycles. The highest BCUT2D eigenvalue weighted by molar-refractivity contribution is 6.06. The molecule has 0 aromatic carbocycles. The van der Waals surface area contributed by atoms with Gasteiger partial charge in [0.1, 0.15) is 11.4 Å². The summed E-state index contributed by atoms with van der Waals surface area (Å²) >= 11 is 0. The third kappa shape index (κ3) is 1.27. The van der Waals surface area contributed by atoms with Gasteiger partial charge in [0, 0.05) is 19.0 Å². The zero-order chi connectivity index (χ0) is 12.9. The maximum Gasteiger partial charge on any atom is 0.347 e. The van der Waals surface area contributed by atoms with Crippen molar-refractivity contribution < 1.29 is 4.79 Å². The van der Waals surface area contributed by atoms with Crippen LogP contribution < -0.4 is 5.73 Å². The van der Waals surface area contributed by atoms with Crippen molar-refractivity contribution in [3.8, 4) is 12.3 Å². The van der Waals surface area contributed by atoms with Crippen molar-refractivity contribution >= 4 is 11.9 Å². The number of piperidine rings is 1. The molecule has 3 aliphatic rings. The van der Waals surface area contributed by atoms with Crippen LogP contribution in [-0.2, 0) is 0 Å². The summed E-state index contributed by atoms with van der Waals surface area (Å²) in [5.41, 5.74) is 5.68. The molecule has 3 rings (SSSR count). The Balaban J connectivity index is 2.04. The van der Waals surface area contributed by atoms with E-state index in [1.807, 2.05) is 6.92 Å². The Morgan fingerprint density at radius 3 is 3.11 bits per heavy atom. The number of nitrogens with two attached hydrogens (primary N) is 1. The molecule has 2 amide bonds. The van der Waals surface area contributed by atoms with Crippen molar-refractivity contribution in [3.05, 3.63) is 0 Å². The Labute approximate surface area is 107 Å². The normalized spacial score (nSPS) is 39.9. The fourth-order valence-electron chi connectivity index (χ4n) is 3.75.